The monoisotopic (exact) mass is 1020 g/mol. The minimum Gasteiger partial charge on any atom is -0.670 e. The van der Waals surface area contributed by atoms with Crippen LogP contribution in [0, 0.1) is 17.8 Å². The van der Waals surface area contributed by atoms with Gasteiger partial charge in [0.15, 0.2) is 28.8 Å². The van der Waals surface area contributed by atoms with E-state index in [2.05, 4.69) is 47.6 Å². The fourth-order valence-electron chi connectivity index (χ4n) is 13.4. The van der Waals surface area contributed by atoms with E-state index >= 15 is 4.79 Å². The van der Waals surface area contributed by atoms with Crippen molar-refractivity contribution in [3.8, 4) is 28.7 Å². The van der Waals surface area contributed by atoms with Crippen LogP contribution in [0.3, 0.4) is 0 Å². The highest BCUT2D eigenvalue weighted by Crippen LogP contribution is 2.52. The number of carbonyl (C=O) groups is 1. The van der Waals surface area contributed by atoms with Gasteiger partial charge >= 0.3 is 0 Å². The van der Waals surface area contributed by atoms with Crippen LogP contribution in [0.1, 0.15) is 121 Å². The second-order valence-electron chi connectivity index (χ2n) is 21.4. The van der Waals surface area contributed by atoms with E-state index in [1.54, 1.807) is 65.2 Å². The molecule has 6 unspecified atom stereocenters. The number of Topliss-reactive ketones (excluding diaryl/α,β-unsaturated/α-hetero) is 1. The van der Waals surface area contributed by atoms with E-state index in [-0.39, 0.29) is 42.0 Å². The molecule has 6 aromatic rings. The number of methoxy groups -OCH3 is 1. The number of aromatic nitrogens is 1. The molecule has 1 aromatic heterocycles. The SMILES string of the molecule is CCc1ccc2cccc3c2c1Cc1c(ccc(O)c1OC)CC(Cc1cc[n-]c1)C(O)C1C(=O)C(Cc2ccc(O)c(OC4CCCC4)c2)(c2cc(O)cc(C4(NC)CCCCC4)c2)C(O)CC1CSSC3. The highest BCUT2D eigenvalue weighted by molar-refractivity contribution is 8.76. The van der Waals surface area contributed by atoms with Gasteiger partial charge in [-0.05, 0) is 170 Å². The Kier molecular flexibility index (Phi) is 15.5. The number of aliphatic hydroxyl groups is 2. The number of phenolic OH excluding ortho intramolecular Hbond substituents is 3. The van der Waals surface area contributed by atoms with Crippen LogP contribution >= 0.6 is 21.6 Å². The fraction of sp³-hybridized carbons (Fsp3) is 0.459. The van der Waals surface area contributed by atoms with Crippen molar-refractivity contribution in [2.24, 2.45) is 17.8 Å². The van der Waals surface area contributed by atoms with Gasteiger partial charge in [-0.3, -0.25) is 4.79 Å². The first-order chi connectivity index (χ1) is 35.4. The number of nitrogens with one attached hydrogen (secondary N) is 1. The lowest BCUT2D eigenvalue weighted by Crippen LogP contribution is -2.61. The molecule has 5 aromatic carbocycles. The van der Waals surface area contributed by atoms with Crippen LogP contribution in [0.15, 0.2) is 97.3 Å². The second-order valence-corrected chi connectivity index (χ2v) is 23.9. The molecule has 0 amide bonds. The van der Waals surface area contributed by atoms with Gasteiger partial charge in [-0.1, -0.05) is 108 Å². The lowest BCUT2D eigenvalue weighted by Gasteiger charge is -2.50. The third-order valence-corrected chi connectivity index (χ3v) is 19.7. The number of rotatable bonds is 11. The lowest BCUT2D eigenvalue weighted by atomic mass is 9.55. The number of benzene rings is 5. The highest BCUT2D eigenvalue weighted by atomic mass is 33.1. The predicted molar refractivity (Wildman–Crippen MR) is 292 cm³/mol. The summed E-state index contributed by atoms with van der Waals surface area (Å²) in [6.45, 7) is 2.17. The molecule has 2 heterocycles. The summed E-state index contributed by atoms with van der Waals surface area (Å²) in [5.41, 5.74) is 6.25. The largest absolute Gasteiger partial charge is 0.670 e. The van der Waals surface area contributed by atoms with Crippen LogP contribution in [-0.4, -0.2) is 69.5 Å². The van der Waals surface area contributed by atoms with E-state index in [1.807, 2.05) is 37.5 Å². The van der Waals surface area contributed by atoms with Crippen molar-refractivity contribution in [3.05, 3.63) is 147 Å². The first-order valence-electron chi connectivity index (χ1n) is 26.6. The Hall–Kier alpha value is -5.11. The lowest BCUT2D eigenvalue weighted by molar-refractivity contribution is -0.149. The number of fused-ring (bicyclic) bond motifs is 2. The molecule has 3 saturated carbocycles. The predicted octanol–water partition coefficient (Wildman–Crippen LogP) is 11.2. The third-order valence-electron chi connectivity index (χ3n) is 17.3. The Labute approximate surface area is 438 Å². The number of hydrogen-bond acceptors (Lipinski definition) is 11. The maximum Gasteiger partial charge on any atom is 0.164 e. The maximum absolute atomic E-state index is 16.8. The number of aromatic hydroxyl groups is 3. The van der Waals surface area contributed by atoms with Crippen molar-refractivity contribution in [3.63, 3.8) is 0 Å². The van der Waals surface area contributed by atoms with Gasteiger partial charge in [0.1, 0.15) is 5.75 Å². The van der Waals surface area contributed by atoms with E-state index in [1.165, 1.54) is 22.1 Å². The van der Waals surface area contributed by atoms with Gasteiger partial charge in [-0.25, -0.2) is 0 Å². The van der Waals surface area contributed by atoms with Crippen LogP contribution in [-0.2, 0) is 53.6 Å². The van der Waals surface area contributed by atoms with Crippen LogP contribution in [0.4, 0.5) is 0 Å². The molecule has 12 heteroatoms. The van der Waals surface area contributed by atoms with E-state index < -0.39 is 40.9 Å². The van der Waals surface area contributed by atoms with Crippen LogP contribution in [0.2, 0.25) is 0 Å². The van der Waals surface area contributed by atoms with Crippen molar-refractivity contribution in [2.45, 2.75) is 138 Å². The molecule has 3 fully saturated rings. The van der Waals surface area contributed by atoms with Gasteiger partial charge in [-0.2, -0.15) is 12.4 Å². The molecule has 0 saturated heterocycles. The zero-order chi connectivity index (χ0) is 50.9. The number of hydrogen-bond donors (Lipinski definition) is 6. The molecule has 6 N–H and O–H groups in total. The van der Waals surface area contributed by atoms with Crippen LogP contribution in [0.5, 0.6) is 28.7 Å². The molecule has 10 rings (SSSR count). The van der Waals surface area contributed by atoms with Gasteiger partial charge in [0.2, 0.25) is 0 Å². The first-order valence-corrected chi connectivity index (χ1v) is 29.1. The molecule has 1 aliphatic heterocycles. The number of aryl methyl sites for hydroxylation is 1. The van der Waals surface area contributed by atoms with E-state index in [0.29, 0.717) is 53.4 Å². The quantitative estimate of drug-likeness (QED) is 0.0682. The number of phenols is 3. The van der Waals surface area contributed by atoms with Crippen molar-refractivity contribution >= 4 is 38.1 Å². The summed E-state index contributed by atoms with van der Waals surface area (Å²) in [5.74, 6) is -0.198. The summed E-state index contributed by atoms with van der Waals surface area (Å²) in [5, 5.41) is 67.2. The third kappa shape index (κ3) is 10.1. The van der Waals surface area contributed by atoms with Gasteiger partial charge in [0, 0.05) is 34.9 Å². The molecular formula is C61H71N2O8S2-. The summed E-state index contributed by atoms with van der Waals surface area (Å²) in [6, 6.07) is 27.2. The Bertz CT molecular complexity index is 2910. The first kappa shape index (κ1) is 51.4. The standard InChI is InChI=1S/C61H71N2O8S2/c1-4-39-16-17-40-11-10-12-42-35-72-73-36-44-28-54(67)61(33-37-15-19-51(65)53(26-37)71-48-13-6-7-14-48,46-29-45(30-47(64)31-46)60(62-2)22-8-5-9-23-60)59(69)56(44)57(68)43(25-38-21-24-63-34-38)27-41-18-20-52(66)58(70-3)50(41)32-49(39)55(40)42/h10-12,15-21,24,26,29-31,34,43-44,48,54,56-57,62,64-68H,4-9,13-14,22-23,25,27-28,32-33,35-36H2,1-3H3/q-1. The van der Waals surface area contributed by atoms with E-state index in [4.69, 9.17) is 9.47 Å². The Balaban J connectivity index is 1.15. The number of aliphatic hydroxyl groups excluding tert-OH is 2. The molecule has 3 aliphatic carbocycles. The normalized spacial score (nSPS) is 24.8. The minimum absolute atomic E-state index is 0.0115. The summed E-state index contributed by atoms with van der Waals surface area (Å²) in [6.07, 6.45) is 12.2. The summed E-state index contributed by atoms with van der Waals surface area (Å²) in [7, 11) is 6.95. The van der Waals surface area contributed by atoms with Gasteiger partial charge in [0.05, 0.1) is 30.8 Å². The van der Waals surface area contributed by atoms with E-state index in [0.717, 1.165) is 91.8 Å². The Morgan fingerprint density at radius 1 is 0.822 bits per heavy atom. The van der Waals surface area contributed by atoms with Gasteiger partial charge < -0.3 is 45.3 Å². The number of ether oxygens (including phenoxy) is 2. The summed E-state index contributed by atoms with van der Waals surface area (Å²) >= 11 is 0. The molecule has 4 aliphatic rings. The Morgan fingerprint density at radius 2 is 1.62 bits per heavy atom. The Morgan fingerprint density at radius 3 is 2.37 bits per heavy atom. The molecule has 73 heavy (non-hydrogen) atoms. The van der Waals surface area contributed by atoms with Crippen molar-refractivity contribution in [1.29, 1.82) is 0 Å². The topological polar surface area (TPSA) is 163 Å². The summed E-state index contributed by atoms with van der Waals surface area (Å²) in [4.78, 5) is 21.2. The molecule has 10 nitrogen and oxygen atoms in total. The number of ketones is 1. The summed E-state index contributed by atoms with van der Waals surface area (Å²) < 4.78 is 12.5. The zero-order valence-corrected chi connectivity index (χ0v) is 44.1. The van der Waals surface area contributed by atoms with Crippen molar-refractivity contribution in [1.82, 2.24) is 10.3 Å². The van der Waals surface area contributed by atoms with Gasteiger partial charge in [0.25, 0.3) is 0 Å². The average Bonchev–Trinajstić information content (AvgIpc) is 4.13. The molecule has 386 valence electrons. The minimum atomic E-state index is -1.63. The van der Waals surface area contributed by atoms with Crippen molar-refractivity contribution in [2.75, 3.05) is 19.9 Å². The molecule has 0 radical (unpaired) electrons. The average molecular weight is 1020 g/mol. The van der Waals surface area contributed by atoms with Crippen molar-refractivity contribution < 1.29 is 39.8 Å². The second kappa shape index (κ2) is 22.0. The molecular weight excluding hydrogens is 953 g/mol. The van der Waals surface area contributed by atoms with Crippen LogP contribution < -0.4 is 19.8 Å². The number of carbonyl (C=O) groups excluding carboxylic acids is 1. The fourth-order valence-corrected chi connectivity index (χ4v) is 15.9. The van der Waals surface area contributed by atoms with Crippen LogP contribution in [0.25, 0.3) is 10.8 Å². The highest BCUT2D eigenvalue weighted by Gasteiger charge is 2.58. The smallest absolute Gasteiger partial charge is 0.164 e. The van der Waals surface area contributed by atoms with E-state index in [9.17, 15) is 25.5 Å². The molecule has 6 atom stereocenters. The maximum atomic E-state index is 16.8. The number of nitrogens with zero attached hydrogens (tertiary/aromatic N) is 1. The molecule has 0 spiro atoms. The zero-order valence-electron chi connectivity index (χ0n) is 42.4. The molecule has 0 bridgehead atoms. The van der Waals surface area contributed by atoms with Gasteiger partial charge in [-0.15, -0.1) is 0 Å².